The Bertz CT molecular complexity index is 740. The summed E-state index contributed by atoms with van der Waals surface area (Å²) in [5.74, 6) is 0. The fourth-order valence-electron chi connectivity index (χ4n) is 3.03. The zero-order valence-electron chi connectivity index (χ0n) is 13.1. The van der Waals surface area contributed by atoms with Crippen molar-refractivity contribution in [3.8, 4) is 6.07 Å². The molecule has 2 heterocycles. The fourth-order valence-corrected chi connectivity index (χ4v) is 4.04. The number of fused-ring (bicyclic) bond motifs is 1. The van der Waals surface area contributed by atoms with Crippen molar-refractivity contribution in [3.05, 3.63) is 29.1 Å². The molecular formula is C17H18F3N3S. The summed E-state index contributed by atoms with van der Waals surface area (Å²) in [6.07, 6.45) is -2.83. The summed E-state index contributed by atoms with van der Waals surface area (Å²) in [6.45, 7) is 4.49. The van der Waals surface area contributed by atoms with E-state index in [9.17, 15) is 13.2 Å². The molecule has 1 saturated heterocycles. The number of thiophene rings is 1. The average molecular weight is 353 g/mol. The van der Waals surface area contributed by atoms with Gasteiger partial charge in [0.05, 0.1) is 17.3 Å². The highest BCUT2D eigenvalue weighted by molar-refractivity contribution is 7.17. The number of rotatable bonds is 4. The number of hydrogen-bond donors (Lipinski definition) is 0. The zero-order chi connectivity index (χ0) is 17.2. The average Bonchev–Trinajstić information content (AvgIpc) is 2.98. The summed E-state index contributed by atoms with van der Waals surface area (Å²) in [7, 11) is 0. The van der Waals surface area contributed by atoms with Gasteiger partial charge in [0, 0.05) is 48.1 Å². The highest BCUT2D eigenvalue weighted by atomic mass is 32.1. The topological polar surface area (TPSA) is 30.3 Å². The Balaban J connectivity index is 1.69. The lowest BCUT2D eigenvalue weighted by Gasteiger charge is -2.35. The van der Waals surface area contributed by atoms with Crippen LogP contribution in [0.4, 0.5) is 18.9 Å². The molecule has 0 atom stereocenters. The van der Waals surface area contributed by atoms with Crippen molar-refractivity contribution in [2.45, 2.75) is 19.0 Å². The van der Waals surface area contributed by atoms with E-state index in [2.05, 4.69) is 15.9 Å². The Hall–Kier alpha value is -1.78. The third kappa shape index (κ3) is 3.65. The molecule has 24 heavy (non-hydrogen) atoms. The Morgan fingerprint density at radius 1 is 1.17 bits per heavy atom. The van der Waals surface area contributed by atoms with E-state index in [1.165, 1.54) is 17.4 Å². The van der Waals surface area contributed by atoms with Crippen molar-refractivity contribution < 1.29 is 13.2 Å². The molecule has 0 N–H and O–H groups in total. The smallest absolute Gasteiger partial charge is 0.368 e. The number of nitriles is 1. The zero-order valence-corrected chi connectivity index (χ0v) is 14.0. The second-order valence-corrected chi connectivity index (χ2v) is 6.83. The van der Waals surface area contributed by atoms with Crippen LogP contribution in [0, 0.1) is 11.3 Å². The summed E-state index contributed by atoms with van der Waals surface area (Å²) in [5, 5.41) is 11.4. The first-order chi connectivity index (χ1) is 11.5. The molecular weight excluding hydrogens is 335 g/mol. The molecule has 0 saturated carbocycles. The molecule has 128 valence electrons. The van der Waals surface area contributed by atoms with Gasteiger partial charge in [0.1, 0.15) is 0 Å². The fraction of sp³-hybridized carbons (Fsp3) is 0.471. The molecule has 1 aliphatic rings. The van der Waals surface area contributed by atoms with Gasteiger partial charge in [-0.3, -0.25) is 4.90 Å². The predicted octanol–water partition coefficient (Wildman–Crippen LogP) is 4.35. The molecule has 3 nitrogen and oxygen atoms in total. The van der Waals surface area contributed by atoms with Crippen molar-refractivity contribution in [1.29, 1.82) is 5.26 Å². The number of nitrogens with zero attached hydrogens (tertiary/aromatic N) is 3. The second kappa shape index (κ2) is 6.99. The van der Waals surface area contributed by atoms with Crippen LogP contribution in [-0.2, 0) is 6.18 Å². The SMILES string of the molecule is N#CCCCN1CCN(c2csc3cc(C(F)(F)F)ccc23)CC1. The maximum atomic E-state index is 12.8. The normalized spacial score (nSPS) is 16.5. The van der Waals surface area contributed by atoms with Gasteiger partial charge in [0.25, 0.3) is 0 Å². The van der Waals surface area contributed by atoms with Crippen LogP contribution in [0.2, 0.25) is 0 Å². The Labute approximate surface area is 142 Å². The minimum atomic E-state index is -4.30. The molecule has 3 rings (SSSR count). The standard InChI is InChI=1S/C17H18F3N3S/c18-17(19,20)13-3-4-14-15(12-24-16(14)11-13)23-9-7-22(8-10-23)6-2-1-5-21/h3-4,11-12H,1-2,6-10H2. The Morgan fingerprint density at radius 3 is 2.58 bits per heavy atom. The maximum absolute atomic E-state index is 12.8. The van der Waals surface area contributed by atoms with Crippen molar-refractivity contribution in [1.82, 2.24) is 4.90 Å². The molecule has 0 aliphatic carbocycles. The maximum Gasteiger partial charge on any atom is 0.416 e. The van der Waals surface area contributed by atoms with Crippen LogP contribution in [0.25, 0.3) is 10.1 Å². The molecule has 0 spiro atoms. The summed E-state index contributed by atoms with van der Waals surface area (Å²) >= 11 is 1.36. The van der Waals surface area contributed by atoms with Crippen LogP contribution in [-0.4, -0.2) is 37.6 Å². The van der Waals surface area contributed by atoms with Crippen molar-refractivity contribution in [2.24, 2.45) is 0 Å². The van der Waals surface area contributed by atoms with Crippen molar-refractivity contribution in [2.75, 3.05) is 37.6 Å². The van der Waals surface area contributed by atoms with E-state index < -0.39 is 11.7 Å². The molecule has 0 radical (unpaired) electrons. The first-order valence-corrected chi connectivity index (χ1v) is 8.80. The summed E-state index contributed by atoms with van der Waals surface area (Å²) in [6, 6.07) is 6.15. The highest BCUT2D eigenvalue weighted by Gasteiger charge is 2.31. The third-order valence-corrected chi connectivity index (χ3v) is 5.29. The van der Waals surface area contributed by atoms with Gasteiger partial charge < -0.3 is 4.90 Å². The Kier molecular flexibility index (Phi) is 4.97. The lowest BCUT2D eigenvalue weighted by atomic mass is 10.1. The van der Waals surface area contributed by atoms with Gasteiger partial charge in [-0.2, -0.15) is 18.4 Å². The number of unbranched alkanes of at least 4 members (excludes halogenated alkanes) is 1. The molecule has 2 aromatic rings. The van der Waals surface area contributed by atoms with Gasteiger partial charge in [-0.1, -0.05) is 6.07 Å². The van der Waals surface area contributed by atoms with Gasteiger partial charge >= 0.3 is 6.18 Å². The summed E-state index contributed by atoms with van der Waals surface area (Å²) in [5.41, 5.74) is 0.436. The van der Waals surface area contributed by atoms with Gasteiger partial charge in [-0.05, 0) is 25.1 Å². The van der Waals surface area contributed by atoms with Gasteiger partial charge in [-0.25, -0.2) is 0 Å². The van der Waals surface area contributed by atoms with E-state index in [0.29, 0.717) is 11.1 Å². The molecule has 0 bridgehead atoms. The number of benzene rings is 1. The molecule has 0 unspecified atom stereocenters. The van der Waals surface area contributed by atoms with E-state index in [4.69, 9.17) is 5.26 Å². The number of hydrogen-bond acceptors (Lipinski definition) is 4. The quantitative estimate of drug-likeness (QED) is 0.766. The van der Waals surface area contributed by atoms with Crippen LogP contribution in [0.15, 0.2) is 23.6 Å². The lowest BCUT2D eigenvalue weighted by molar-refractivity contribution is -0.137. The largest absolute Gasteiger partial charge is 0.416 e. The first-order valence-electron chi connectivity index (χ1n) is 7.92. The van der Waals surface area contributed by atoms with E-state index in [1.54, 1.807) is 6.07 Å². The van der Waals surface area contributed by atoms with Crippen molar-refractivity contribution in [3.63, 3.8) is 0 Å². The Morgan fingerprint density at radius 2 is 1.92 bits per heavy atom. The third-order valence-electron chi connectivity index (χ3n) is 4.36. The number of anilines is 1. The second-order valence-electron chi connectivity index (χ2n) is 5.92. The lowest BCUT2D eigenvalue weighted by Crippen LogP contribution is -2.46. The van der Waals surface area contributed by atoms with Crippen LogP contribution in [0.5, 0.6) is 0 Å². The molecule has 1 aromatic carbocycles. The highest BCUT2D eigenvalue weighted by Crippen LogP contribution is 2.38. The van der Waals surface area contributed by atoms with Crippen LogP contribution < -0.4 is 4.90 Å². The molecule has 7 heteroatoms. The van der Waals surface area contributed by atoms with Gasteiger partial charge in [0.2, 0.25) is 0 Å². The first kappa shape index (κ1) is 17.1. The van der Waals surface area contributed by atoms with E-state index in [-0.39, 0.29) is 0 Å². The predicted molar refractivity (Wildman–Crippen MR) is 90.3 cm³/mol. The van der Waals surface area contributed by atoms with E-state index in [1.807, 2.05) is 5.38 Å². The molecule has 1 aliphatic heterocycles. The minimum Gasteiger partial charge on any atom is -0.368 e. The molecule has 1 fully saturated rings. The van der Waals surface area contributed by atoms with Crippen LogP contribution in [0.1, 0.15) is 18.4 Å². The summed E-state index contributed by atoms with van der Waals surface area (Å²) < 4.78 is 39.1. The van der Waals surface area contributed by atoms with Crippen molar-refractivity contribution >= 4 is 27.1 Å². The van der Waals surface area contributed by atoms with Crippen LogP contribution >= 0.6 is 11.3 Å². The number of alkyl halides is 3. The van der Waals surface area contributed by atoms with Crippen LogP contribution in [0.3, 0.4) is 0 Å². The van der Waals surface area contributed by atoms with E-state index in [0.717, 1.165) is 56.3 Å². The van der Waals surface area contributed by atoms with E-state index >= 15 is 0 Å². The molecule has 1 aromatic heterocycles. The summed E-state index contributed by atoms with van der Waals surface area (Å²) in [4.78, 5) is 4.58. The monoisotopic (exact) mass is 353 g/mol. The van der Waals surface area contributed by atoms with Gasteiger partial charge in [0.15, 0.2) is 0 Å². The number of piperazine rings is 1. The number of halogens is 3. The molecule has 0 amide bonds. The minimum absolute atomic E-state index is 0.580. The van der Waals surface area contributed by atoms with Gasteiger partial charge in [-0.15, -0.1) is 11.3 Å².